The molecular weight excluding hydrogens is 238 g/mol. The minimum absolute atomic E-state index is 0.156. The minimum atomic E-state index is 0.156. The van der Waals surface area contributed by atoms with Gasteiger partial charge in [-0.15, -0.1) is 0 Å². The molecule has 1 aromatic carbocycles. The van der Waals surface area contributed by atoms with E-state index in [9.17, 15) is 4.79 Å². The molecule has 1 amide bonds. The van der Waals surface area contributed by atoms with Crippen LogP contribution in [0.15, 0.2) is 30.3 Å². The van der Waals surface area contributed by atoms with Crippen LogP contribution in [-0.4, -0.2) is 19.1 Å². The van der Waals surface area contributed by atoms with Gasteiger partial charge in [0.1, 0.15) is 5.75 Å². The third-order valence-corrected chi connectivity index (χ3v) is 3.62. The lowest BCUT2D eigenvalue weighted by Gasteiger charge is -2.10. The average Bonchev–Trinajstić information content (AvgIpc) is 2.96. The van der Waals surface area contributed by atoms with Gasteiger partial charge in [0.2, 0.25) is 5.91 Å². The molecule has 0 atom stereocenters. The van der Waals surface area contributed by atoms with Crippen LogP contribution in [0.4, 0.5) is 0 Å². The molecule has 3 nitrogen and oxygen atoms in total. The average molecular weight is 261 g/mol. The van der Waals surface area contributed by atoms with E-state index in [0.29, 0.717) is 18.9 Å². The molecule has 1 aliphatic rings. The molecule has 1 aliphatic carbocycles. The Hall–Kier alpha value is -1.51. The van der Waals surface area contributed by atoms with Gasteiger partial charge < -0.3 is 10.1 Å². The number of nitrogens with one attached hydrogen (secondary N) is 1. The number of carbonyl (C=O) groups is 1. The van der Waals surface area contributed by atoms with Gasteiger partial charge in [0.05, 0.1) is 6.61 Å². The zero-order valence-corrected chi connectivity index (χ0v) is 11.4. The molecule has 0 spiro atoms. The predicted octanol–water partition coefficient (Wildman–Crippen LogP) is 3.15. The molecule has 0 saturated heterocycles. The molecule has 104 valence electrons. The standard InChI is InChI=1S/C16H23NO2/c18-16(17-13-14-7-4-5-8-14)11-6-12-19-15-9-2-1-3-10-15/h1-3,9-10,14H,4-8,11-13H2,(H,17,18). The Balaban J connectivity index is 1.51. The summed E-state index contributed by atoms with van der Waals surface area (Å²) in [5, 5.41) is 3.03. The van der Waals surface area contributed by atoms with Crippen molar-refractivity contribution in [3.05, 3.63) is 30.3 Å². The Morgan fingerprint density at radius 3 is 2.68 bits per heavy atom. The van der Waals surface area contributed by atoms with Crippen molar-refractivity contribution in [2.24, 2.45) is 5.92 Å². The third-order valence-electron chi connectivity index (χ3n) is 3.62. The molecule has 1 fully saturated rings. The quantitative estimate of drug-likeness (QED) is 0.766. The van der Waals surface area contributed by atoms with Crippen molar-refractivity contribution in [3.8, 4) is 5.75 Å². The topological polar surface area (TPSA) is 38.3 Å². The van der Waals surface area contributed by atoms with Crippen molar-refractivity contribution in [2.45, 2.75) is 38.5 Å². The van der Waals surface area contributed by atoms with Gasteiger partial charge in [-0.1, -0.05) is 31.0 Å². The van der Waals surface area contributed by atoms with Crippen LogP contribution in [0.5, 0.6) is 5.75 Å². The first-order valence-corrected chi connectivity index (χ1v) is 7.29. The monoisotopic (exact) mass is 261 g/mol. The highest BCUT2D eigenvalue weighted by Crippen LogP contribution is 2.23. The number of ether oxygens (including phenoxy) is 1. The van der Waals surface area contributed by atoms with Crippen LogP contribution < -0.4 is 10.1 Å². The Labute approximate surface area is 115 Å². The van der Waals surface area contributed by atoms with Crippen LogP contribution in [0.25, 0.3) is 0 Å². The van der Waals surface area contributed by atoms with Gasteiger partial charge in [-0.25, -0.2) is 0 Å². The first-order chi connectivity index (χ1) is 9.34. The van der Waals surface area contributed by atoms with Crippen molar-refractivity contribution in [2.75, 3.05) is 13.2 Å². The smallest absolute Gasteiger partial charge is 0.220 e. The molecule has 1 N–H and O–H groups in total. The van der Waals surface area contributed by atoms with Crippen LogP contribution in [0, 0.1) is 5.92 Å². The van der Waals surface area contributed by atoms with E-state index >= 15 is 0 Å². The van der Waals surface area contributed by atoms with Crippen LogP contribution >= 0.6 is 0 Å². The fraction of sp³-hybridized carbons (Fsp3) is 0.562. The molecule has 0 radical (unpaired) electrons. The van der Waals surface area contributed by atoms with Gasteiger partial charge in [0.15, 0.2) is 0 Å². The molecule has 0 bridgehead atoms. The number of hydrogen-bond donors (Lipinski definition) is 1. The molecular formula is C16H23NO2. The lowest BCUT2D eigenvalue weighted by atomic mass is 10.1. The van der Waals surface area contributed by atoms with Crippen molar-refractivity contribution in [1.29, 1.82) is 0 Å². The lowest BCUT2D eigenvalue weighted by Crippen LogP contribution is -2.28. The maximum absolute atomic E-state index is 11.6. The summed E-state index contributed by atoms with van der Waals surface area (Å²) in [7, 11) is 0. The molecule has 19 heavy (non-hydrogen) atoms. The van der Waals surface area contributed by atoms with Crippen LogP contribution in [0.1, 0.15) is 38.5 Å². The lowest BCUT2D eigenvalue weighted by molar-refractivity contribution is -0.121. The summed E-state index contributed by atoms with van der Waals surface area (Å²) in [5.74, 6) is 1.74. The molecule has 0 heterocycles. The van der Waals surface area contributed by atoms with Gasteiger partial charge in [0.25, 0.3) is 0 Å². The summed E-state index contributed by atoms with van der Waals surface area (Å²) in [6.45, 7) is 1.46. The largest absolute Gasteiger partial charge is 0.494 e. The molecule has 1 aromatic rings. The number of amides is 1. The Bertz CT molecular complexity index is 372. The van der Waals surface area contributed by atoms with E-state index in [4.69, 9.17) is 4.74 Å². The van der Waals surface area contributed by atoms with Crippen molar-refractivity contribution in [1.82, 2.24) is 5.32 Å². The molecule has 0 aliphatic heterocycles. The van der Waals surface area contributed by atoms with Crippen LogP contribution in [0.2, 0.25) is 0 Å². The predicted molar refractivity (Wildman–Crippen MR) is 76.1 cm³/mol. The highest BCUT2D eigenvalue weighted by Gasteiger charge is 2.15. The van der Waals surface area contributed by atoms with Crippen molar-refractivity contribution in [3.63, 3.8) is 0 Å². The molecule has 0 aromatic heterocycles. The SMILES string of the molecule is O=C(CCCOc1ccccc1)NCC1CCCC1. The van der Waals surface area contributed by atoms with Gasteiger partial charge >= 0.3 is 0 Å². The first kappa shape index (κ1) is 13.9. The van der Waals surface area contributed by atoms with E-state index < -0.39 is 0 Å². The zero-order chi connectivity index (χ0) is 13.3. The second-order valence-electron chi connectivity index (χ2n) is 5.22. The van der Waals surface area contributed by atoms with Crippen LogP contribution in [-0.2, 0) is 4.79 Å². The third kappa shape index (κ3) is 5.33. The second kappa shape index (κ2) is 7.82. The fourth-order valence-electron chi connectivity index (χ4n) is 2.50. The van der Waals surface area contributed by atoms with E-state index in [1.165, 1.54) is 25.7 Å². The Morgan fingerprint density at radius 1 is 1.21 bits per heavy atom. The number of benzene rings is 1. The normalized spacial score (nSPS) is 15.4. The van der Waals surface area contributed by atoms with Gasteiger partial charge in [0, 0.05) is 13.0 Å². The van der Waals surface area contributed by atoms with E-state index in [0.717, 1.165) is 18.7 Å². The summed E-state index contributed by atoms with van der Waals surface area (Å²) in [4.78, 5) is 11.6. The zero-order valence-electron chi connectivity index (χ0n) is 11.4. The number of carbonyl (C=O) groups excluding carboxylic acids is 1. The van der Waals surface area contributed by atoms with Gasteiger partial charge in [-0.05, 0) is 37.3 Å². The van der Waals surface area contributed by atoms with E-state index in [2.05, 4.69) is 5.32 Å². The summed E-state index contributed by atoms with van der Waals surface area (Å²) in [6, 6.07) is 9.72. The van der Waals surface area contributed by atoms with E-state index in [1.54, 1.807) is 0 Å². The van der Waals surface area contributed by atoms with Crippen molar-refractivity contribution < 1.29 is 9.53 Å². The number of hydrogen-bond acceptors (Lipinski definition) is 2. The molecule has 0 unspecified atom stereocenters. The first-order valence-electron chi connectivity index (χ1n) is 7.29. The highest BCUT2D eigenvalue weighted by molar-refractivity contribution is 5.75. The summed E-state index contributed by atoms with van der Waals surface area (Å²) >= 11 is 0. The maximum atomic E-state index is 11.6. The van der Waals surface area contributed by atoms with E-state index in [-0.39, 0.29) is 5.91 Å². The summed E-state index contributed by atoms with van der Waals surface area (Å²) < 4.78 is 5.55. The number of para-hydroxylation sites is 1. The summed E-state index contributed by atoms with van der Waals surface area (Å²) in [5.41, 5.74) is 0. The van der Waals surface area contributed by atoms with E-state index in [1.807, 2.05) is 30.3 Å². The van der Waals surface area contributed by atoms with Crippen LogP contribution in [0.3, 0.4) is 0 Å². The minimum Gasteiger partial charge on any atom is -0.494 e. The Kier molecular flexibility index (Phi) is 5.73. The molecule has 1 saturated carbocycles. The Morgan fingerprint density at radius 2 is 1.95 bits per heavy atom. The summed E-state index contributed by atoms with van der Waals surface area (Å²) in [6.07, 6.45) is 6.52. The van der Waals surface area contributed by atoms with Gasteiger partial charge in [-0.2, -0.15) is 0 Å². The molecule has 3 heteroatoms. The fourth-order valence-corrected chi connectivity index (χ4v) is 2.50. The molecule has 2 rings (SSSR count). The maximum Gasteiger partial charge on any atom is 0.220 e. The highest BCUT2D eigenvalue weighted by atomic mass is 16.5. The second-order valence-corrected chi connectivity index (χ2v) is 5.22. The van der Waals surface area contributed by atoms with Crippen molar-refractivity contribution >= 4 is 5.91 Å². The number of rotatable bonds is 7. The van der Waals surface area contributed by atoms with Gasteiger partial charge in [-0.3, -0.25) is 4.79 Å².